The Kier molecular flexibility index (Phi) is 13.0. The van der Waals surface area contributed by atoms with Crippen molar-refractivity contribution in [1.82, 2.24) is 9.55 Å². The van der Waals surface area contributed by atoms with Crippen molar-refractivity contribution in [2.75, 3.05) is 20.8 Å². The quantitative estimate of drug-likeness (QED) is 0.0687. The van der Waals surface area contributed by atoms with E-state index in [1.807, 2.05) is 48.8 Å². The summed E-state index contributed by atoms with van der Waals surface area (Å²) in [5, 5.41) is 0. The second-order valence-corrected chi connectivity index (χ2v) is 11.8. The number of methoxy groups -OCH3 is 2. The van der Waals surface area contributed by atoms with Crippen LogP contribution < -0.4 is 9.47 Å². The number of benzene rings is 4. The van der Waals surface area contributed by atoms with Crippen molar-refractivity contribution in [3.63, 3.8) is 0 Å². The Morgan fingerprint density at radius 3 is 2.14 bits per heavy atom. The summed E-state index contributed by atoms with van der Waals surface area (Å²) in [6, 6.07) is 35.8. The van der Waals surface area contributed by atoms with Gasteiger partial charge in [0, 0.05) is 24.1 Å². The van der Waals surface area contributed by atoms with Gasteiger partial charge in [-0.15, -0.1) is 0 Å². The maximum atomic E-state index is 11.9. The zero-order chi connectivity index (χ0) is 34.3. The minimum Gasteiger partial charge on any atom is -0.493 e. The molecule has 5 aromatic rings. The summed E-state index contributed by atoms with van der Waals surface area (Å²) in [6.07, 6.45) is 6.87. The first-order valence-corrected chi connectivity index (χ1v) is 16.8. The van der Waals surface area contributed by atoms with Crippen molar-refractivity contribution < 1.29 is 28.5 Å². The standard InChI is InChI=1S/C41H44N2O6/c1-46-38(44)21-12-10-19-35(49-36-26-23-34(24-27-36)41(45)47-2)25-22-31-14-9-11-20-37(31)48-29-13-28-43-30-42-39(32-15-5-3-6-16-32)40(43)33-17-7-4-8-18-33/h3-9,11,14-18,20,23-24,26-27,30,35H,10,12-13,19,21-22,25,28-29H2,1-2H3. The van der Waals surface area contributed by atoms with Gasteiger partial charge in [-0.1, -0.05) is 78.9 Å². The van der Waals surface area contributed by atoms with E-state index < -0.39 is 0 Å². The van der Waals surface area contributed by atoms with Crippen LogP contribution >= 0.6 is 0 Å². The molecule has 5 rings (SSSR count). The summed E-state index contributed by atoms with van der Waals surface area (Å²) in [7, 11) is 2.77. The number of rotatable bonds is 18. The Bertz CT molecular complexity index is 1750. The molecule has 0 aliphatic heterocycles. The monoisotopic (exact) mass is 660 g/mol. The predicted octanol–water partition coefficient (Wildman–Crippen LogP) is 8.59. The zero-order valence-electron chi connectivity index (χ0n) is 28.3. The Labute approximate surface area is 288 Å². The Morgan fingerprint density at radius 2 is 1.43 bits per heavy atom. The van der Waals surface area contributed by atoms with Gasteiger partial charge in [-0.3, -0.25) is 4.79 Å². The van der Waals surface area contributed by atoms with Gasteiger partial charge in [0.1, 0.15) is 11.5 Å². The first-order valence-electron chi connectivity index (χ1n) is 16.8. The van der Waals surface area contributed by atoms with Crippen molar-refractivity contribution in [2.45, 2.75) is 57.6 Å². The fourth-order valence-electron chi connectivity index (χ4n) is 5.83. The molecular weight excluding hydrogens is 616 g/mol. The van der Waals surface area contributed by atoms with Gasteiger partial charge in [0.05, 0.1) is 50.2 Å². The van der Waals surface area contributed by atoms with E-state index in [0.717, 1.165) is 78.9 Å². The fourth-order valence-corrected chi connectivity index (χ4v) is 5.83. The molecule has 8 heteroatoms. The van der Waals surface area contributed by atoms with Gasteiger partial charge in [0.15, 0.2) is 0 Å². The van der Waals surface area contributed by atoms with Gasteiger partial charge in [0.25, 0.3) is 0 Å². The van der Waals surface area contributed by atoms with E-state index in [-0.39, 0.29) is 18.0 Å². The minimum atomic E-state index is -0.388. The molecule has 4 aromatic carbocycles. The largest absolute Gasteiger partial charge is 0.493 e. The third-order valence-electron chi connectivity index (χ3n) is 8.40. The number of unbranched alkanes of at least 4 members (excludes halogenated alkanes) is 1. The van der Waals surface area contributed by atoms with Crippen LogP contribution in [0.3, 0.4) is 0 Å². The molecule has 1 heterocycles. The fraction of sp³-hybridized carbons (Fsp3) is 0.293. The average Bonchev–Trinajstić information content (AvgIpc) is 3.58. The second kappa shape index (κ2) is 18.2. The van der Waals surface area contributed by atoms with E-state index in [1.54, 1.807) is 24.3 Å². The van der Waals surface area contributed by atoms with Crippen molar-refractivity contribution in [3.8, 4) is 34.0 Å². The lowest BCUT2D eigenvalue weighted by molar-refractivity contribution is -0.140. The number of aryl methyl sites for hydroxylation is 2. The third kappa shape index (κ3) is 10.1. The molecule has 0 aliphatic rings. The number of hydrogen-bond acceptors (Lipinski definition) is 7. The van der Waals surface area contributed by atoms with Crippen molar-refractivity contribution in [1.29, 1.82) is 0 Å². The van der Waals surface area contributed by atoms with Crippen LogP contribution in [0.5, 0.6) is 11.5 Å². The van der Waals surface area contributed by atoms with Gasteiger partial charge >= 0.3 is 11.9 Å². The molecule has 254 valence electrons. The van der Waals surface area contributed by atoms with Crippen molar-refractivity contribution in [3.05, 3.63) is 127 Å². The highest BCUT2D eigenvalue weighted by atomic mass is 16.5. The molecule has 0 saturated carbocycles. The van der Waals surface area contributed by atoms with Crippen molar-refractivity contribution in [2.24, 2.45) is 0 Å². The van der Waals surface area contributed by atoms with E-state index in [4.69, 9.17) is 23.9 Å². The van der Waals surface area contributed by atoms with E-state index in [9.17, 15) is 9.59 Å². The average molecular weight is 661 g/mol. The van der Waals surface area contributed by atoms with Gasteiger partial charge in [0.2, 0.25) is 0 Å². The molecule has 1 aromatic heterocycles. The molecule has 0 spiro atoms. The maximum Gasteiger partial charge on any atom is 0.337 e. The van der Waals surface area contributed by atoms with Crippen LogP contribution in [0.1, 0.15) is 54.4 Å². The number of carbonyl (C=O) groups excluding carboxylic acids is 2. The number of carbonyl (C=O) groups is 2. The van der Waals surface area contributed by atoms with Crippen LogP contribution in [0.4, 0.5) is 0 Å². The van der Waals surface area contributed by atoms with E-state index in [1.165, 1.54) is 14.2 Å². The number of nitrogens with zero attached hydrogens (tertiary/aromatic N) is 2. The summed E-state index contributed by atoms with van der Waals surface area (Å²) < 4.78 is 24.6. The molecule has 8 nitrogen and oxygen atoms in total. The minimum absolute atomic E-state index is 0.0915. The van der Waals surface area contributed by atoms with Crippen LogP contribution in [0.15, 0.2) is 116 Å². The molecule has 0 aliphatic carbocycles. The number of ether oxygens (including phenoxy) is 4. The summed E-state index contributed by atoms with van der Waals surface area (Å²) in [5.41, 5.74) is 5.88. The zero-order valence-corrected chi connectivity index (χ0v) is 28.3. The molecule has 0 saturated heterocycles. The normalized spacial score (nSPS) is 11.5. The molecule has 0 bridgehead atoms. The van der Waals surface area contributed by atoms with Crippen LogP contribution in [0, 0.1) is 0 Å². The van der Waals surface area contributed by atoms with Gasteiger partial charge < -0.3 is 23.5 Å². The molecule has 0 radical (unpaired) electrons. The lowest BCUT2D eigenvalue weighted by atomic mass is 10.0. The van der Waals surface area contributed by atoms with Crippen LogP contribution in [-0.4, -0.2) is 48.4 Å². The molecule has 0 amide bonds. The van der Waals surface area contributed by atoms with Gasteiger partial charge in [-0.2, -0.15) is 0 Å². The number of esters is 2. The summed E-state index contributed by atoms with van der Waals surface area (Å²) in [6.45, 7) is 1.33. The highest BCUT2D eigenvalue weighted by molar-refractivity contribution is 5.89. The molecule has 0 fully saturated rings. The molecule has 1 unspecified atom stereocenters. The highest BCUT2D eigenvalue weighted by Crippen LogP contribution is 2.31. The highest BCUT2D eigenvalue weighted by Gasteiger charge is 2.16. The first kappa shape index (κ1) is 35.0. The summed E-state index contributed by atoms with van der Waals surface area (Å²) in [5.74, 6) is 0.956. The predicted molar refractivity (Wildman–Crippen MR) is 191 cm³/mol. The van der Waals surface area contributed by atoms with Gasteiger partial charge in [-0.05, 0) is 74.4 Å². The molecular formula is C41H44N2O6. The van der Waals surface area contributed by atoms with Gasteiger partial charge in [-0.25, -0.2) is 9.78 Å². The Balaban J connectivity index is 1.20. The molecule has 0 N–H and O–H groups in total. The number of hydrogen-bond donors (Lipinski definition) is 0. The maximum absolute atomic E-state index is 11.9. The first-order chi connectivity index (χ1) is 24.1. The topological polar surface area (TPSA) is 88.9 Å². The third-order valence-corrected chi connectivity index (χ3v) is 8.40. The number of para-hydroxylation sites is 1. The molecule has 49 heavy (non-hydrogen) atoms. The van der Waals surface area contributed by atoms with Crippen LogP contribution in [0.2, 0.25) is 0 Å². The number of aromatic nitrogens is 2. The van der Waals surface area contributed by atoms with E-state index in [0.29, 0.717) is 24.3 Å². The summed E-state index contributed by atoms with van der Waals surface area (Å²) >= 11 is 0. The van der Waals surface area contributed by atoms with Crippen molar-refractivity contribution >= 4 is 11.9 Å². The van der Waals surface area contributed by atoms with Crippen LogP contribution in [0.25, 0.3) is 22.5 Å². The molecule has 1 atom stereocenters. The van der Waals surface area contributed by atoms with E-state index >= 15 is 0 Å². The lowest BCUT2D eigenvalue weighted by Gasteiger charge is -2.20. The second-order valence-electron chi connectivity index (χ2n) is 11.8. The Morgan fingerprint density at radius 1 is 0.735 bits per heavy atom. The lowest BCUT2D eigenvalue weighted by Crippen LogP contribution is -2.18. The Hall–Kier alpha value is -5.37. The number of imidazole rings is 1. The van der Waals surface area contributed by atoms with Crippen LogP contribution in [-0.2, 0) is 27.2 Å². The van der Waals surface area contributed by atoms with E-state index in [2.05, 4.69) is 47.0 Å². The smallest absolute Gasteiger partial charge is 0.337 e. The summed E-state index contributed by atoms with van der Waals surface area (Å²) in [4.78, 5) is 28.3. The SMILES string of the molecule is COC(=O)CCCCC(CCc1ccccc1OCCCn1cnc(-c2ccccc2)c1-c1ccccc1)Oc1ccc(C(=O)OC)cc1.